The highest BCUT2D eigenvalue weighted by Crippen LogP contribution is 2.66. The zero-order valence-corrected chi connectivity index (χ0v) is 14.9. The Morgan fingerprint density at radius 2 is 1.87 bits per heavy atom. The molecule has 3 saturated carbocycles. The van der Waals surface area contributed by atoms with E-state index in [1.807, 2.05) is 6.08 Å². The maximum absolute atomic E-state index is 12.8. The standard InChI is InChI=1S/C21H30O2/c1-4-13-6-8-17-16-7-5-14-11-15(22)12-19(23)21(14,3)18(16)9-10-20(13,17)2/h11,13,16-18H,4-10,12H2,1-3H3/t13-,16-,17-,18-,20+,21-/m0/s1. The molecule has 0 heterocycles. The molecule has 23 heavy (non-hydrogen) atoms. The minimum Gasteiger partial charge on any atom is -0.298 e. The summed E-state index contributed by atoms with van der Waals surface area (Å²) in [5, 5.41) is 0. The van der Waals surface area contributed by atoms with Crippen LogP contribution in [0.5, 0.6) is 0 Å². The third-order valence-electron chi connectivity index (χ3n) is 8.53. The highest BCUT2D eigenvalue weighted by molar-refractivity contribution is 6.11. The van der Waals surface area contributed by atoms with Crippen molar-refractivity contribution in [3.8, 4) is 0 Å². The molecule has 0 amide bonds. The molecule has 0 radical (unpaired) electrons. The van der Waals surface area contributed by atoms with Crippen LogP contribution in [0.1, 0.15) is 72.1 Å². The molecule has 2 heteroatoms. The van der Waals surface area contributed by atoms with Crippen LogP contribution in [0.2, 0.25) is 0 Å². The van der Waals surface area contributed by atoms with Crippen LogP contribution >= 0.6 is 0 Å². The summed E-state index contributed by atoms with van der Waals surface area (Å²) in [5.41, 5.74) is 1.33. The maximum Gasteiger partial charge on any atom is 0.163 e. The SMILES string of the molecule is CC[C@H]1CC[C@H]2[C@@H]3CCC4=CC(=O)CC(=O)[C@]4(C)[C@H]3CC[C@]12C. The van der Waals surface area contributed by atoms with Crippen LogP contribution in [0.25, 0.3) is 0 Å². The molecule has 3 fully saturated rings. The van der Waals surface area contributed by atoms with E-state index in [1.54, 1.807) is 0 Å². The Morgan fingerprint density at radius 3 is 2.61 bits per heavy atom. The molecule has 0 aromatic rings. The average Bonchev–Trinajstić information content (AvgIpc) is 2.85. The van der Waals surface area contributed by atoms with Crippen LogP contribution < -0.4 is 0 Å². The van der Waals surface area contributed by atoms with Gasteiger partial charge in [-0.15, -0.1) is 0 Å². The van der Waals surface area contributed by atoms with E-state index in [2.05, 4.69) is 20.8 Å². The van der Waals surface area contributed by atoms with Gasteiger partial charge in [-0.2, -0.15) is 0 Å². The Labute approximate surface area is 140 Å². The highest BCUT2D eigenvalue weighted by Gasteiger charge is 2.60. The average molecular weight is 314 g/mol. The molecule has 4 rings (SSSR count). The quantitative estimate of drug-likeness (QED) is 0.656. The number of fused-ring (bicyclic) bond motifs is 5. The predicted octanol–water partition coefficient (Wildman–Crippen LogP) is 4.72. The Kier molecular flexibility index (Phi) is 3.42. The van der Waals surface area contributed by atoms with Gasteiger partial charge in [-0.05, 0) is 80.6 Å². The van der Waals surface area contributed by atoms with Gasteiger partial charge >= 0.3 is 0 Å². The molecule has 0 saturated heterocycles. The second-order valence-electron chi connectivity index (χ2n) is 9.08. The van der Waals surface area contributed by atoms with E-state index in [-0.39, 0.29) is 23.4 Å². The first-order valence-electron chi connectivity index (χ1n) is 9.68. The Balaban J connectivity index is 1.71. The third kappa shape index (κ3) is 1.93. The van der Waals surface area contributed by atoms with Crippen molar-refractivity contribution in [2.75, 3.05) is 0 Å². The van der Waals surface area contributed by atoms with E-state index in [1.165, 1.54) is 38.5 Å². The van der Waals surface area contributed by atoms with Crippen molar-refractivity contribution in [3.05, 3.63) is 11.6 Å². The molecule has 2 nitrogen and oxygen atoms in total. The van der Waals surface area contributed by atoms with Crippen molar-refractivity contribution in [1.82, 2.24) is 0 Å². The third-order valence-corrected chi connectivity index (χ3v) is 8.53. The van der Waals surface area contributed by atoms with Gasteiger partial charge in [0.2, 0.25) is 0 Å². The molecule has 4 aliphatic carbocycles. The van der Waals surface area contributed by atoms with E-state index >= 15 is 0 Å². The number of rotatable bonds is 1. The second-order valence-corrected chi connectivity index (χ2v) is 9.08. The predicted molar refractivity (Wildman–Crippen MR) is 90.9 cm³/mol. The van der Waals surface area contributed by atoms with E-state index in [0.717, 1.165) is 23.8 Å². The summed E-state index contributed by atoms with van der Waals surface area (Å²) in [6.45, 7) is 7.05. The van der Waals surface area contributed by atoms with Crippen LogP contribution in [0.15, 0.2) is 11.6 Å². The number of Topliss-reactive ketones (excluding diaryl/α,β-unsaturated/α-hetero) is 1. The van der Waals surface area contributed by atoms with Crippen LogP contribution in [-0.2, 0) is 9.59 Å². The van der Waals surface area contributed by atoms with Gasteiger partial charge in [0, 0.05) is 0 Å². The van der Waals surface area contributed by atoms with Crippen molar-refractivity contribution in [2.45, 2.75) is 72.1 Å². The van der Waals surface area contributed by atoms with Crippen LogP contribution in [-0.4, -0.2) is 11.6 Å². The number of carbonyl (C=O) groups is 2. The van der Waals surface area contributed by atoms with E-state index in [4.69, 9.17) is 0 Å². The molecule has 0 unspecified atom stereocenters. The number of carbonyl (C=O) groups excluding carboxylic acids is 2. The lowest BCUT2D eigenvalue weighted by Gasteiger charge is -2.57. The van der Waals surface area contributed by atoms with Gasteiger partial charge in [0.1, 0.15) is 0 Å². The monoisotopic (exact) mass is 314 g/mol. The molecular formula is C21H30O2. The number of ketones is 2. The Morgan fingerprint density at radius 1 is 1.09 bits per heavy atom. The van der Waals surface area contributed by atoms with Crippen molar-refractivity contribution in [1.29, 1.82) is 0 Å². The molecule has 0 N–H and O–H groups in total. The summed E-state index contributed by atoms with van der Waals surface area (Å²) >= 11 is 0. The van der Waals surface area contributed by atoms with Crippen molar-refractivity contribution in [2.24, 2.45) is 34.5 Å². The van der Waals surface area contributed by atoms with Gasteiger partial charge in [0.25, 0.3) is 0 Å². The van der Waals surface area contributed by atoms with Crippen LogP contribution in [0.4, 0.5) is 0 Å². The molecule has 4 aliphatic rings. The number of allylic oxidation sites excluding steroid dienone is 1. The maximum atomic E-state index is 12.8. The van der Waals surface area contributed by atoms with Gasteiger partial charge in [0.05, 0.1) is 11.8 Å². The van der Waals surface area contributed by atoms with Gasteiger partial charge in [-0.3, -0.25) is 9.59 Å². The minimum atomic E-state index is -0.331. The molecule has 0 spiro atoms. The first kappa shape index (κ1) is 15.6. The zero-order valence-electron chi connectivity index (χ0n) is 14.9. The fourth-order valence-corrected chi connectivity index (χ4v) is 7.20. The highest BCUT2D eigenvalue weighted by atomic mass is 16.1. The van der Waals surface area contributed by atoms with E-state index in [0.29, 0.717) is 17.3 Å². The fraction of sp³-hybridized carbons (Fsp3) is 0.810. The molecule has 0 aromatic heterocycles. The van der Waals surface area contributed by atoms with Gasteiger partial charge in [-0.1, -0.05) is 25.8 Å². The molecule has 0 aliphatic heterocycles. The summed E-state index contributed by atoms with van der Waals surface area (Å²) in [6, 6.07) is 0. The molecular weight excluding hydrogens is 284 g/mol. The number of hydrogen-bond acceptors (Lipinski definition) is 2. The van der Waals surface area contributed by atoms with Gasteiger partial charge in [0.15, 0.2) is 11.6 Å². The molecule has 6 atom stereocenters. The summed E-state index contributed by atoms with van der Waals surface area (Å²) in [7, 11) is 0. The zero-order chi connectivity index (χ0) is 16.4. The second kappa shape index (κ2) is 5.04. The van der Waals surface area contributed by atoms with E-state index in [9.17, 15) is 9.59 Å². The number of hydrogen-bond donors (Lipinski definition) is 0. The van der Waals surface area contributed by atoms with Crippen LogP contribution in [0, 0.1) is 34.5 Å². The fourth-order valence-electron chi connectivity index (χ4n) is 7.20. The lowest BCUT2D eigenvalue weighted by Crippen LogP contribution is -2.53. The van der Waals surface area contributed by atoms with Crippen molar-refractivity contribution >= 4 is 11.6 Å². The topological polar surface area (TPSA) is 34.1 Å². The van der Waals surface area contributed by atoms with Crippen LogP contribution in [0.3, 0.4) is 0 Å². The van der Waals surface area contributed by atoms with Crippen molar-refractivity contribution < 1.29 is 9.59 Å². The Bertz CT molecular complexity index is 589. The lowest BCUT2D eigenvalue weighted by molar-refractivity contribution is -0.140. The summed E-state index contributed by atoms with van der Waals surface area (Å²) < 4.78 is 0. The first-order chi connectivity index (χ1) is 10.9. The van der Waals surface area contributed by atoms with E-state index < -0.39 is 0 Å². The molecule has 126 valence electrons. The van der Waals surface area contributed by atoms with Crippen molar-refractivity contribution in [3.63, 3.8) is 0 Å². The van der Waals surface area contributed by atoms with Gasteiger partial charge in [-0.25, -0.2) is 0 Å². The summed E-state index contributed by atoms with van der Waals surface area (Å²) in [4.78, 5) is 24.7. The molecule has 0 aromatic carbocycles. The minimum absolute atomic E-state index is 0.0356. The smallest absolute Gasteiger partial charge is 0.163 e. The van der Waals surface area contributed by atoms with Gasteiger partial charge < -0.3 is 0 Å². The Hall–Kier alpha value is -0.920. The largest absolute Gasteiger partial charge is 0.298 e. The molecule has 0 bridgehead atoms. The lowest BCUT2D eigenvalue weighted by atomic mass is 9.46. The summed E-state index contributed by atoms with van der Waals surface area (Å²) in [5.74, 6) is 3.11. The summed E-state index contributed by atoms with van der Waals surface area (Å²) in [6.07, 6.45) is 10.6. The first-order valence-corrected chi connectivity index (χ1v) is 9.68. The normalized spacial score (nSPS) is 49.3.